The molecule has 1 aromatic rings. The molecule has 0 aliphatic rings. The number of hydrogen-bond acceptors (Lipinski definition) is 3. The summed E-state index contributed by atoms with van der Waals surface area (Å²) >= 11 is 0. The normalized spacial score (nSPS) is 12.8. The number of hydrogen-bond donors (Lipinski definition) is 1. The summed E-state index contributed by atoms with van der Waals surface area (Å²) in [6.07, 6.45) is 4.19. The molecule has 1 N–H and O–H groups in total. The van der Waals surface area contributed by atoms with Crippen LogP contribution < -0.4 is 4.72 Å². The van der Waals surface area contributed by atoms with Gasteiger partial charge in [-0.15, -0.1) is 0 Å². The first-order valence-corrected chi connectivity index (χ1v) is 8.52. The summed E-state index contributed by atoms with van der Waals surface area (Å²) in [5.74, 6) is 0.346. The zero-order chi connectivity index (χ0) is 15.0. The second-order valence-electron chi connectivity index (χ2n) is 4.88. The molecule has 20 heavy (non-hydrogen) atoms. The van der Waals surface area contributed by atoms with E-state index >= 15 is 0 Å². The van der Waals surface area contributed by atoms with Crippen LogP contribution >= 0.6 is 0 Å². The lowest BCUT2D eigenvalue weighted by Gasteiger charge is -2.15. The minimum Gasteiger partial charge on any atom is -0.211 e. The van der Waals surface area contributed by atoms with Crippen molar-refractivity contribution in [2.45, 2.75) is 44.4 Å². The number of rotatable bonds is 8. The highest BCUT2D eigenvalue weighted by Crippen LogP contribution is 2.16. The average molecular weight is 294 g/mol. The second-order valence-corrected chi connectivity index (χ2v) is 6.61. The van der Waals surface area contributed by atoms with E-state index in [0.717, 1.165) is 25.7 Å². The summed E-state index contributed by atoms with van der Waals surface area (Å²) in [5, 5.41) is 8.98. The highest BCUT2D eigenvalue weighted by Gasteiger charge is 2.19. The fourth-order valence-corrected chi connectivity index (χ4v) is 3.31. The predicted octanol–water partition coefficient (Wildman–Crippen LogP) is 3.05. The zero-order valence-electron chi connectivity index (χ0n) is 12.1. The number of sulfonamides is 1. The van der Waals surface area contributed by atoms with Gasteiger partial charge >= 0.3 is 0 Å². The molecule has 1 unspecified atom stereocenters. The molecule has 0 spiro atoms. The van der Waals surface area contributed by atoms with Gasteiger partial charge in [-0.25, -0.2) is 13.1 Å². The van der Waals surface area contributed by atoms with Gasteiger partial charge in [-0.3, -0.25) is 0 Å². The molecule has 0 amide bonds. The van der Waals surface area contributed by atoms with Gasteiger partial charge in [0.15, 0.2) is 0 Å². The third kappa shape index (κ3) is 4.62. The molecule has 1 aromatic carbocycles. The van der Waals surface area contributed by atoms with Crippen LogP contribution in [0.5, 0.6) is 0 Å². The maximum atomic E-state index is 12.2. The zero-order valence-corrected chi connectivity index (χ0v) is 12.9. The largest absolute Gasteiger partial charge is 0.241 e. The Kier molecular flexibility index (Phi) is 6.69. The van der Waals surface area contributed by atoms with E-state index in [1.165, 1.54) is 12.1 Å². The van der Waals surface area contributed by atoms with Crippen molar-refractivity contribution in [3.63, 3.8) is 0 Å². The molecule has 4 nitrogen and oxygen atoms in total. The molecule has 0 radical (unpaired) electrons. The summed E-state index contributed by atoms with van der Waals surface area (Å²) in [4.78, 5) is 0.0628. The molecule has 0 aliphatic heterocycles. The molecule has 110 valence electrons. The van der Waals surface area contributed by atoms with Gasteiger partial charge in [0.1, 0.15) is 6.07 Å². The lowest BCUT2D eigenvalue weighted by Crippen LogP contribution is -2.29. The molecule has 0 saturated heterocycles. The van der Waals surface area contributed by atoms with Gasteiger partial charge in [0.25, 0.3) is 0 Å². The van der Waals surface area contributed by atoms with Crippen LogP contribution in [0.25, 0.3) is 0 Å². The van der Waals surface area contributed by atoms with Crippen molar-refractivity contribution in [3.05, 3.63) is 29.8 Å². The monoisotopic (exact) mass is 294 g/mol. The summed E-state index contributed by atoms with van der Waals surface area (Å²) in [6, 6.07) is 8.19. The Bertz CT molecular complexity index is 561. The highest BCUT2D eigenvalue weighted by molar-refractivity contribution is 7.89. The first-order chi connectivity index (χ1) is 9.55. The second kappa shape index (κ2) is 8.03. The summed E-state index contributed by atoms with van der Waals surface area (Å²) in [6.45, 7) is 4.62. The molecule has 0 aliphatic carbocycles. The summed E-state index contributed by atoms with van der Waals surface area (Å²) in [5.41, 5.74) is 0.182. The Morgan fingerprint density at radius 2 is 2.00 bits per heavy atom. The maximum Gasteiger partial charge on any atom is 0.241 e. The number of nitriles is 1. The van der Waals surface area contributed by atoms with E-state index in [0.29, 0.717) is 12.5 Å². The Hall–Kier alpha value is -1.38. The van der Waals surface area contributed by atoms with Crippen LogP contribution in [0.2, 0.25) is 0 Å². The lowest BCUT2D eigenvalue weighted by molar-refractivity contribution is 0.443. The van der Waals surface area contributed by atoms with Gasteiger partial charge in [-0.2, -0.15) is 5.26 Å². The quantitative estimate of drug-likeness (QED) is 0.801. The van der Waals surface area contributed by atoms with Crippen LogP contribution in [0.3, 0.4) is 0 Å². The van der Waals surface area contributed by atoms with Crippen LogP contribution in [0.15, 0.2) is 29.2 Å². The molecule has 0 saturated carbocycles. The topological polar surface area (TPSA) is 70.0 Å². The molecule has 0 aromatic heterocycles. The van der Waals surface area contributed by atoms with Crippen LogP contribution in [-0.4, -0.2) is 15.0 Å². The highest BCUT2D eigenvalue weighted by atomic mass is 32.2. The smallest absolute Gasteiger partial charge is 0.211 e. The predicted molar refractivity (Wildman–Crippen MR) is 79.7 cm³/mol. The van der Waals surface area contributed by atoms with Crippen molar-refractivity contribution in [3.8, 4) is 6.07 Å². The number of benzene rings is 1. The van der Waals surface area contributed by atoms with Crippen molar-refractivity contribution in [1.82, 2.24) is 4.72 Å². The van der Waals surface area contributed by atoms with E-state index in [-0.39, 0.29) is 10.5 Å². The molecule has 1 rings (SSSR count). The van der Waals surface area contributed by atoms with Crippen LogP contribution in [0, 0.1) is 17.2 Å². The molecule has 0 fully saturated rings. The van der Waals surface area contributed by atoms with Crippen LogP contribution in [-0.2, 0) is 10.0 Å². The van der Waals surface area contributed by atoms with Gasteiger partial charge in [0.2, 0.25) is 10.0 Å². The van der Waals surface area contributed by atoms with Crippen molar-refractivity contribution < 1.29 is 8.42 Å². The van der Waals surface area contributed by atoms with Crippen molar-refractivity contribution in [1.29, 1.82) is 5.26 Å². The Morgan fingerprint density at radius 1 is 1.30 bits per heavy atom. The van der Waals surface area contributed by atoms with Gasteiger partial charge in [0, 0.05) is 6.54 Å². The van der Waals surface area contributed by atoms with E-state index in [2.05, 4.69) is 18.6 Å². The van der Waals surface area contributed by atoms with Crippen molar-refractivity contribution >= 4 is 10.0 Å². The van der Waals surface area contributed by atoms with E-state index in [4.69, 9.17) is 5.26 Å². The van der Waals surface area contributed by atoms with Crippen LogP contribution in [0.1, 0.15) is 45.1 Å². The third-order valence-corrected chi connectivity index (χ3v) is 4.88. The average Bonchev–Trinajstić information content (AvgIpc) is 2.47. The SMILES string of the molecule is CCCCC(CC)CNS(=O)(=O)c1ccccc1C#N. The molecule has 5 heteroatoms. The van der Waals surface area contributed by atoms with Gasteiger partial charge in [-0.05, 0) is 24.5 Å². The first kappa shape index (κ1) is 16.7. The molecule has 0 heterocycles. The van der Waals surface area contributed by atoms with Gasteiger partial charge < -0.3 is 0 Å². The first-order valence-electron chi connectivity index (χ1n) is 7.04. The molecule has 1 atom stereocenters. The number of unbranched alkanes of at least 4 members (excludes halogenated alkanes) is 1. The Morgan fingerprint density at radius 3 is 2.60 bits per heavy atom. The number of nitrogens with one attached hydrogen (secondary N) is 1. The van der Waals surface area contributed by atoms with Crippen molar-refractivity contribution in [2.75, 3.05) is 6.54 Å². The fraction of sp³-hybridized carbons (Fsp3) is 0.533. The molecule has 0 bridgehead atoms. The fourth-order valence-electron chi connectivity index (χ4n) is 2.04. The van der Waals surface area contributed by atoms with Crippen molar-refractivity contribution in [2.24, 2.45) is 5.92 Å². The minimum atomic E-state index is -3.61. The Labute approximate surface area is 121 Å². The summed E-state index contributed by atoms with van der Waals surface area (Å²) in [7, 11) is -3.61. The van der Waals surface area contributed by atoms with Gasteiger partial charge in [-0.1, -0.05) is 45.2 Å². The Balaban J connectivity index is 2.77. The van der Waals surface area contributed by atoms with E-state index in [9.17, 15) is 8.42 Å². The third-order valence-electron chi connectivity index (χ3n) is 3.40. The van der Waals surface area contributed by atoms with Crippen LogP contribution in [0.4, 0.5) is 0 Å². The van der Waals surface area contributed by atoms with Gasteiger partial charge in [0.05, 0.1) is 10.5 Å². The molecular formula is C15H22N2O2S. The van der Waals surface area contributed by atoms with E-state index < -0.39 is 10.0 Å². The standard InChI is InChI=1S/C15H22N2O2S/c1-3-5-8-13(4-2)12-17-20(18,19)15-10-7-6-9-14(15)11-16/h6-7,9-10,13,17H,3-5,8,12H2,1-2H3. The maximum absolute atomic E-state index is 12.2. The number of nitrogens with zero attached hydrogens (tertiary/aromatic N) is 1. The van der Waals surface area contributed by atoms with E-state index in [1.54, 1.807) is 12.1 Å². The van der Waals surface area contributed by atoms with E-state index in [1.807, 2.05) is 6.07 Å². The minimum absolute atomic E-state index is 0.0628. The molecular weight excluding hydrogens is 272 g/mol. The lowest BCUT2D eigenvalue weighted by atomic mass is 10.00. The summed E-state index contributed by atoms with van der Waals surface area (Å²) < 4.78 is 27.1.